The predicted octanol–water partition coefficient (Wildman–Crippen LogP) is 2.58. The first-order valence-electron chi connectivity index (χ1n) is 5.39. The molecule has 0 saturated carbocycles. The molecule has 1 heterocycles. The average Bonchev–Trinajstić information content (AvgIpc) is 2.32. The molecule has 90 valence electrons. The molecule has 0 atom stereocenters. The van der Waals surface area contributed by atoms with Crippen molar-refractivity contribution < 1.29 is 0 Å². The van der Waals surface area contributed by atoms with Crippen LogP contribution in [0.25, 0.3) is 0 Å². The zero-order valence-electron chi connectivity index (χ0n) is 9.61. The Hall–Kier alpha value is -0.0400. The summed E-state index contributed by atoms with van der Waals surface area (Å²) in [5.41, 5.74) is 0.141. The standard InChI is InChI=1S/C11H17IN2OS/c1-3-11(4-2,7-16)6-14-8-13-5-9(12)10(14)15/h5,8,16H,3-4,6-7H2,1-2H3. The van der Waals surface area contributed by atoms with Crippen molar-refractivity contribution in [1.82, 2.24) is 9.55 Å². The molecular weight excluding hydrogens is 335 g/mol. The van der Waals surface area contributed by atoms with Crippen LogP contribution in [0.15, 0.2) is 17.3 Å². The molecule has 0 bridgehead atoms. The van der Waals surface area contributed by atoms with E-state index in [2.05, 4.69) is 31.5 Å². The fourth-order valence-corrected chi connectivity index (χ4v) is 2.66. The van der Waals surface area contributed by atoms with E-state index in [4.69, 9.17) is 0 Å². The highest BCUT2D eigenvalue weighted by molar-refractivity contribution is 14.1. The van der Waals surface area contributed by atoms with Gasteiger partial charge in [-0.05, 0) is 46.6 Å². The molecule has 1 aromatic heterocycles. The van der Waals surface area contributed by atoms with Crippen LogP contribution in [0.4, 0.5) is 0 Å². The molecule has 0 aromatic carbocycles. The smallest absolute Gasteiger partial charge is 0.266 e. The first-order chi connectivity index (χ1) is 7.58. The van der Waals surface area contributed by atoms with Crippen molar-refractivity contribution in [3.8, 4) is 0 Å². The Labute approximate surface area is 115 Å². The van der Waals surface area contributed by atoms with Crippen LogP contribution in [-0.2, 0) is 6.54 Å². The molecule has 0 aliphatic rings. The molecule has 5 heteroatoms. The van der Waals surface area contributed by atoms with Gasteiger partial charge in [0.15, 0.2) is 0 Å². The van der Waals surface area contributed by atoms with E-state index in [-0.39, 0.29) is 11.0 Å². The Bertz CT molecular complexity index is 393. The highest BCUT2D eigenvalue weighted by atomic mass is 127. The van der Waals surface area contributed by atoms with Crippen LogP contribution in [0.2, 0.25) is 0 Å². The fourth-order valence-electron chi connectivity index (χ4n) is 1.65. The number of nitrogens with zero attached hydrogens (tertiary/aromatic N) is 2. The van der Waals surface area contributed by atoms with Crippen molar-refractivity contribution >= 4 is 35.2 Å². The number of aromatic nitrogens is 2. The van der Waals surface area contributed by atoms with E-state index in [9.17, 15) is 4.79 Å². The molecule has 0 aliphatic heterocycles. The average molecular weight is 352 g/mol. The lowest BCUT2D eigenvalue weighted by molar-refractivity contribution is 0.253. The third kappa shape index (κ3) is 3.00. The maximum atomic E-state index is 11.9. The molecule has 0 unspecified atom stereocenters. The zero-order chi connectivity index (χ0) is 12.2. The van der Waals surface area contributed by atoms with Crippen molar-refractivity contribution in [3.05, 3.63) is 26.4 Å². The van der Waals surface area contributed by atoms with Crippen molar-refractivity contribution in [2.45, 2.75) is 33.2 Å². The van der Waals surface area contributed by atoms with Gasteiger partial charge in [-0.2, -0.15) is 12.6 Å². The van der Waals surface area contributed by atoms with E-state index in [0.29, 0.717) is 10.1 Å². The maximum absolute atomic E-state index is 11.9. The SMILES string of the molecule is CCC(CC)(CS)Cn1cncc(I)c1=O. The Morgan fingerprint density at radius 3 is 2.62 bits per heavy atom. The van der Waals surface area contributed by atoms with Crippen molar-refractivity contribution in [2.75, 3.05) is 5.75 Å². The summed E-state index contributed by atoms with van der Waals surface area (Å²) in [6.45, 7) is 4.99. The second-order valence-electron chi connectivity index (χ2n) is 4.04. The van der Waals surface area contributed by atoms with Crippen molar-refractivity contribution in [1.29, 1.82) is 0 Å². The lowest BCUT2D eigenvalue weighted by Gasteiger charge is -2.30. The number of thiol groups is 1. The molecule has 0 spiro atoms. The number of hydrogen-bond acceptors (Lipinski definition) is 3. The van der Waals surface area contributed by atoms with Crippen LogP contribution < -0.4 is 5.56 Å². The van der Waals surface area contributed by atoms with Crippen LogP contribution in [-0.4, -0.2) is 15.3 Å². The molecule has 0 fully saturated rings. The van der Waals surface area contributed by atoms with Gasteiger partial charge in [0.2, 0.25) is 0 Å². The molecule has 1 rings (SSSR count). The summed E-state index contributed by atoms with van der Waals surface area (Å²) in [7, 11) is 0. The van der Waals surface area contributed by atoms with Gasteiger partial charge in [-0.15, -0.1) is 0 Å². The molecule has 0 saturated heterocycles. The van der Waals surface area contributed by atoms with E-state index in [0.717, 1.165) is 18.6 Å². The number of hydrogen-bond donors (Lipinski definition) is 1. The predicted molar refractivity (Wildman–Crippen MR) is 78.1 cm³/mol. The van der Waals surface area contributed by atoms with Gasteiger partial charge >= 0.3 is 0 Å². The van der Waals surface area contributed by atoms with Crippen molar-refractivity contribution in [3.63, 3.8) is 0 Å². The van der Waals surface area contributed by atoms with Gasteiger partial charge in [-0.25, -0.2) is 4.98 Å². The van der Waals surface area contributed by atoms with Crippen LogP contribution >= 0.6 is 35.2 Å². The summed E-state index contributed by atoms with van der Waals surface area (Å²) in [6.07, 6.45) is 5.25. The van der Waals surface area contributed by atoms with Crippen LogP contribution in [0.1, 0.15) is 26.7 Å². The monoisotopic (exact) mass is 352 g/mol. The highest BCUT2D eigenvalue weighted by Gasteiger charge is 2.25. The van der Waals surface area contributed by atoms with Gasteiger partial charge in [0.25, 0.3) is 5.56 Å². The van der Waals surface area contributed by atoms with Crippen LogP contribution in [0.3, 0.4) is 0 Å². The van der Waals surface area contributed by atoms with Gasteiger partial charge in [0, 0.05) is 12.7 Å². The molecule has 0 aliphatic carbocycles. The Morgan fingerprint density at radius 2 is 2.12 bits per heavy atom. The van der Waals surface area contributed by atoms with Gasteiger partial charge in [0.05, 0.1) is 9.90 Å². The minimum absolute atomic E-state index is 0.0451. The summed E-state index contributed by atoms with van der Waals surface area (Å²) >= 11 is 6.44. The van der Waals surface area contributed by atoms with Gasteiger partial charge in [-0.1, -0.05) is 13.8 Å². The first kappa shape index (κ1) is 14.0. The van der Waals surface area contributed by atoms with Gasteiger partial charge in [-0.3, -0.25) is 9.36 Å². The Morgan fingerprint density at radius 1 is 1.50 bits per heavy atom. The summed E-state index contributed by atoms with van der Waals surface area (Å²) in [4.78, 5) is 15.9. The van der Waals surface area contributed by atoms with Gasteiger partial charge < -0.3 is 0 Å². The van der Waals surface area contributed by atoms with E-state index >= 15 is 0 Å². The minimum Gasteiger partial charge on any atom is -0.298 e. The van der Waals surface area contributed by atoms with Crippen LogP contribution in [0.5, 0.6) is 0 Å². The minimum atomic E-state index is 0.0451. The summed E-state index contributed by atoms with van der Waals surface area (Å²) in [6, 6.07) is 0. The van der Waals surface area contributed by atoms with E-state index in [1.54, 1.807) is 17.1 Å². The molecule has 1 aromatic rings. The lowest BCUT2D eigenvalue weighted by Crippen LogP contribution is -2.34. The number of rotatable bonds is 5. The molecule has 3 nitrogen and oxygen atoms in total. The zero-order valence-corrected chi connectivity index (χ0v) is 12.7. The molecule has 0 radical (unpaired) electrons. The largest absolute Gasteiger partial charge is 0.298 e. The number of halogens is 1. The summed E-state index contributed by atoms with van der Waals surface area (Å²) in [5.74, 6) is 0.790. The Balaban J connectivity index is 3.03. The molecule has 16 heavy (non-hydrogen) atoms. The first-order valence-corrected chi connectivity index (χ1v) is 7.10. The summed E-state index contributed by atoms with van der Waals surface area (Å²) < 4.78 is 2.37. The van der Waals surface area contributed by atoms with E-state index in [1.807, 2.05) is 22.6 Å². The quantitative estimate of drug-likeness (QED) is 0.653. The normalized spacial score (nSPS) is 11.8. The molecule has 0 amide bonds. The third-order valence-electron chi connectivity index (χ3n) is 3.20. The third-order valence-corrected chi connectivity index (χ3v) is 4.61. The highest BCUT2D eigenvalue weighted by Crippen LogP contribution is 2.29. The Kier molecular flexibility index (Phi) is 5.30. The second-order valence-corrected chi connectivity index (χ2v) is 5.52. The molecular formula is C11H17IN2OS. The second kappa shape index (κ2) is 6.05. The maximum Gasteiger partial charge on any atom is 0.266 e. The molecule has 0 N–H and O–H groups in total. The fraction of sp³-hybridized carbons (Fsp3) is 0.636. The van der Waals surface area contributed by atoms with Crippen molar-refractivity contribution in [2.24, 2.45) is 5.41 Å². The lowest BCUT2D eigenvalue weighted by atomic mass is 9.84. The van der Waals surface area contributed by atoms with Gasteiger partial charge in [0.1, 0.15) is 0 Å². The topological polar surface area (TPSA) is 34.9 Å². The summed E-state index contributed by atoms with van der Waals surface area (Å²) in [5, 5.41) is 0. The van der Waals surface area contributed by atoms with E-state index in [1.165, 1.54) is 0 Å². The van der Waals surface area contributed by atoms with Crippen LogP contribution in [0, 0.1) is 8.99 Å². The van der Waals surface area contributed by atoms with E-state index < -0.39 is 0 Å².